The van der Waals surface area contributed by atoms with Gasteiger partial charge in [-0.2, -0.15) is 11.8 Å². The van der Waals surface area contributed by atoms with E-state index in [0.29, 0.717) is 12.1 Å². The van der Waals surface area contributed by atoms with Gasteiger partial charge in [0.25, 0.3) is 0 Å². The summed E-state index contributed by atoms with van der Waals surface area (Å²) >= 11 is 9.48. The molecule has 0 bridgehead atoms. The summed E-state index contributed by atoms with van der Waals surface area (Å²) in [6, 6.07) is 2.98. The van der Waals surface area contributed by atoms with Gasteiger partial charge in [0.05, 0.1) is 4.34 Å². The van der Waals surface area contributed by atoms with Crippen LogP contribution in [0.3, 0.4) is 0 Å². The van der Waals surface area contributed by atoms with Crippen molar-refractivity contribution < 1.29 is 0 Å². The highest BCUT2D eigenvalue weighted by atomic mass is 35.5. The molecule has 1 aromatic rings. The van der Waals surface area contributed by atoms with Crippen LogP contribution >= 0.6 is 34.7 Å². The summed E-state index contributed by atoms with van der Waals surface area (Å²) < 4.78 is 0.870. The predicted molar refractivity (Wildman–Crippen MR) is 73.3 cm³/mol. The fourth-order valence-electron chi connectivity index (χ4n) is 1.42. The molecule has 1 rings (SSSR count). The Balaban J connectivity index is 2.38. The van der Waals surface area contributed by atoms with Gasteiger partial charge in [0.1, 0.15) is 0 Å². The fourth-order valence-corrected chi connectivity index (χ4v) is 3.09. The standard InChI is InChI=1S/C11H18ClNS2/c1-4-14-6-8(2)13-9(3)10-5-11(12)15-7-10/h5,7-9,13H,4,6H2,1-3H3. The van der Waals surface area contributed by atoms with E-state index in [1.54, 1.807) is 11.3 Å². The van der Waals surface area contributed by atoms with Crippen molar-refractivity contribution in [1.29, 1.82) is 0 Å². The van der Waals surface area contributed by atoms with Gasteiger partial charge in [-0.15, -0.1) is 11.3 Å². The molecule has 0 amide bonds. The first-order valence-electron chi connectivity index (χ1n) is 5.21. The van der Waals surface area contributed by atoms with Crippen LogP contribution in [0.4, 0.5) is 0 Å². The summed E-state index contributed by atoms with van der Waals surface area (Å²) in [5.74, 6) is 2.35. The molecule has 1 aromatic heterocycles. The monoisotopic (exact) mass is 263 g/mol. The molecule has 0 radical (unpaired) electrons. The molecule has 0 aromatic carbocycles. The normalized spacial score (nSPS) is 15.2. The van der Waals surface area contributed by atoms with Crippen LogP contribution in [0.15, 0.2) is 11.4 Å². The molecule has 2 unspecified atom stereocenters. The van der Waals surface area contributed by atoms with Crippen LogP contribution in [-0.4, -0.2) is 17.5 Å². The first-order chi connectivity index (χ1) is 7.13. The van der Waals surface area contributed by atoms with Crippen molar-refractivity contribution in [3.63, 3.8) is 0 Å². The minimum absolute atomic E-state index is 0.390. The minimum atomic E-state index is 0.390. The van der Waals surface area contributed by atoms with Gasteiger partial charge in [-0.05, 0) is 36.6 Å². The minimum Gasteiger partial charge on any atom is -0.307 e. The second-order valence-corrected chi connectivity index (χ2v) is 6.49. The third-order valence-electron chi connectivity index (χ3n) is 2.19. The third-order valence-corrected chi connectivity index (χ3v) is 4.45. The molecule has 0 aliphatic heterocycles. The molecule has 0 saturated heterocycles. The molecule has 15 heavy (non-hydrogen) atoms. The number of thiophene rings is 1. The van der Waals surface area contributed by atoms with Gasteiger partial charge in [0.2, 0.25) is 0 Å². The van der Waals surface area contributed by atoms with Gasteiger partial charge in [0.15, 0.2) is 0 Å². The highest BCUT2D eigenvalue weighted by Gasteiger charge is 2.10. The quantitative estimate of drug-likeness (QED) is 0.826. The summed E-state index contributed by atoms with van der Waals surface area (Å²) in [5, 5.41) is 5.70. The molecular formula is C11H18ClNS2. The average Bonchev–Trinajstić information content (AvgIpc) is 2.61. The number of nitrogens with one attached hydrogen (secondary N) is 1. The van der Waals surface area contributed by atoms with Crippen LogP contribution in [-0.2, 0) is 0 Å². The van der Waals surface area contributed by atoms with E-state index < -0.39 is 0 Å². The van der Waals surface area contributed by atoms with Crippen LogP contribution in [0.1, 0.15) is 32.4 Å². The van der Waals surface area contributed by atoms with Crippen molar-refractivity contribution in [2.24, 2.45) is 0 Å². The van der Waals surface area contributed by atoms with E-state index in [2.05, 4.69) is 31.5 Å². The fraction of sp³-hybridized carbons (Fsp3) is 0.636. The lowest BCUT2D eigenvalue weighted by Gasteiger charge is -2.18. The van der Waals surface area contributed by atoms with Crippen molar-refractivity contribution >= 4 is 34.7 Å². The Bertz CT molecular complexity index is 288. The Morgan fingerprint density at radius 2 is 2.27 bits per heavy atom. The van der Waals surface area contributed by atoms with Crippen molar-refractivity contribution in [2.75, 3.05) is 11.5 Å². The molecule has 0 aliphatic rings. The highest BCUT2D eigenvalue weighted by Crippen LogP contribution is 2.25. The zero-order valence-electron chi connectivity index (χ0n) is 9.42. The van der Waals surface area contributed by atoms with E-state index in [1.165, 1.54) is 17.1 Å². The van der Waals surface area contributed by atoms with E-state index in [9.17, 15) is 0 Å². The van der Waals surface area contributed by atoms with E-state index >= 15 is 0 Å². The topological polar surface area (TPSA) is 12.0 Å². The molecule has 0 saturated carbocycles. The smallest absolute Gasteiger partial charge is 0.0931 e. The Kier molecular flexibility index (Phi) is 6.05. The first kappa shape index (κ1) is 13.4. The van der Waals surface area contributed by atoms with E-state index in [-0.39, 0.29) is 0 Å². The Morgan fingerprint density at radius 1 is 1.53 bits per heavy atom. The maximum absolute atomic E-state index is 5.91. The maximum atomic E-state index is 5.91. The third kappa shape index (κ3) is 4.77. The van der Waals surface area contributed by atoms with Crippen molar-refractivity contribution in [2.45, 2.75) is 32.9 Å². The molecule has 1 nitrogen and oxygen atoms in total. The summed E-state index contributed by atoms with van der Waals surface area (Å²) in [4.78, 5) is 0. The number of hydrogen-bond acceptors (Lipinski definition) is 3. The molecular weight excluding hydrogens is 246 g/mol. The lowest BCUT2D eigenvalue weighted by Crippen LogP contribution is -2.30. The van der Waals surface area contributed by atoms with Gasteiger partial charge in [-0.3, -0.25) is 0 Å². The molecule has 86 valence electrons. The lowest BCUT2D eigenvalue weighted by atomic mass is 10.1. The average molecular weight is 264 g/mol. The van der Waals surface area contributed by atoms with Gasteiger partial charge >= 0.3 is 0 Å². The van der Waals surface area contributed by atoms with Crippen LogP contribution in [0, 0.1) is 0 Å². The molecule has 2 atom stereocenters. The van der Waals surface area contributed by atoms with Crippen LogP contribution < -0.4 is 5.32 Å². The lowest BCUT2D eigenvalue weighted by molar-refractivity contribution is 0.512. The largest absolute Gasteiger partial charge is 0.307 e. The van der Waals surface area contributed by atoms with Crippen molar-refractivity contribution in [1.82, 2.24) is 5.32 Å². The predicted octanol–water partition coefficient (Wildman–Crippen LogP) is 4.19. The zero-order chi connectivity index (χ0) is 11.3. The van der Waals surface area contributed by atoms with Gasteiger partial charge in [-0.1, -0.05) is 18.5 Å². The summed E-state index contributed by atoms with van der Waals surface area (Å²) in [6.45, 7) is 6.61. The van der Waals surface area contributed by atoms with Crippen molar-refractivity contribution in [3.05, 3.63) is 21.3 Å². The SMILES string of the molecule is CCSCC(C)NC(C)c1csc(Cl)c1. The number of thioether (sulfide) groups is 1. The van der Waals surface area contributed by atoms with Crippen LogP contribution in [0.5, 0.6) is 0 Å². The van der Waals surface area contributed by atoms with Gasteiger partial charge in [0, 0.05) is 17.8 Å². The molecule has 0 aliphatic carbocycles. The first-order valence-corrected chi connectivity index (χ1v) is 7.62. The summed E-state index contributed by atoms with van der Waals surface area (Å²) in [7, 11) is 0. The molecule has 1 N–H and O–H groups in total. The van der Waals surface area contributed by atoms with Gasteiger partial charge in [-0.25, -0.2) is 0 Å². The Hall–Kier alpha value is 0.300. The van der Waals surface area contributed by atoms with Crippen LogP contribution in [0.2, 0.25) is 4.34 Å². The summed E-state index contributed by atoms with van der Waals surface area (Å²) in [5.41, 5.74) is 1.29. The van der Waals surface area contributed by atoms with E-state index in [0.717, 1.165) is 4.34 Å². The molecule has 1 heterocycles. The molecule has 0 spiro atoms. The van der Waals surface area contributed by atoms with E-state index in [1.807, 2.05) is 17.8 Å². The number of rotatable bonds is 6. The van der Waals surface area contributed by atoms with E-state index in [4.69, 9.17) is 11.6 Å². The highest BCUT2D eigenvalue weighted by molar-refractivity contribution is 7.99. The Morgan fingerprint density at radius 3 is 2.80 bits per heavy atom. The second-order valence-electron chi connectivity index (χ2n) is 3.63. The zero-order valence-corrected chi connectivity index (χ0v) is 11.8. The summed E-state index contributed by atoms with van der Waals surface area (Å²) in [6.07, 6.45) is 0. The van der Waals surface area contributed by atoms with Crippen molar-refractivity contribution in [3.8, 4) is 0 Å². The number of halogens is 1. The maximum Gasteiger partial charge on any atom is 0.0931 e. The molecule has 4 heteroatoms. The van der Waals surface area contributed by atoms with Crippen LogP contribution in [0.25, 0.3) is 0 Å². The van der Waals surface area contributed by atoms with Gasteiger partial charge < -0.3 is 5.32 Å². The second kappa shape index (κ2) is 6.79. The molecule has 0 fully saturated rings. The Labute approximate surface area is 106 Å². The number of hydrogen-bond donors (Lipinski definition) is 1.